The molecule has 0 bridgehead atoms. The number of ether oxygens (including phenoxy) is 1. The van der Waals surface area contributed by atoms with Gasteiger partial charge in [0.1, 0.15) is 11.5 Å². The first kappa shape index (κ1) is 23.6. The topological polar surface area (TPSA) is 115 Å². The molecule has 0 fully saturated rings. The zero-order valence-corrected chi connectivity index (χ0v) is 19.6. The summed E-state index contributed by atoms with van der Waals surface area (Å²) < 4.78 is 11.1. The quantitative estimate of drug-likeness (QED) is 0.201. The lowest BCUT2D eigenvalue weighted by molar-refractivity contribution is -0.384. The highest BCUT2D eigenvalue weighted by atomic mass is 16.6. The van der Waals surface area contributed by atoms with E-state index in [1.54, 1.807) is 69.3 Å². The SMILES string of the molecule is CC1=NN(c2ccc(C(=O)OC(C)C)cc2)C(=O)/C1=C\c1ccc(-c2cc([N+](=O)[O-])ccc2C)o1. The number of furan rings is 1. The van der Waals surface area contributed by atoms with E-state index in [-0.39, 0.29) is 17.7 Å². The van der Waals surface area contributed by atoms with Crippen molar-refractivity contribution in [3.05, 3.63) is 87.2 Å². The van der Waals surface area contributed by atoms with Crippen molar-refractivity contribution in [1.29, 1.82) is 0 Å². The van der Waals surface area contributed by atoms with Gasteiger partial charge in [-0.3, -0.25) is 14.9 Å². The molecule has 1 amide bonds. The minimum Gasteiger partial charge on any atom is -0.459 e. The molecule has 0 atom stereocenters. The number of rotatable bonds is 6. The summed E-state index contributed by atoms with van der Waals surface area (Å²) in [5.41, 5.74) is 3.13. The van der Waals surface area contributed by atoms with Crippen molar-refractivity contribution >= 4 is 35.0 Å². The number of nitrogens with zero attached hydrogens (tertiary/aromatic N) is 3. The van der Waals surface area contributed by atoms with Gasteiger partial charge in [0.05, 0.1) is 33.6 Å². The average Bonchev–Trinajstić information content (AvgIpc) is 3.39. The molecule has 178 valence electrons. The maximum absolute atomic E-state index is 13.1. The molecule has 0 aliphatic carbocycles. The van der Waals surface area contributed by atoms with E-state index in [2.05, 4.69) is 5.10 Å². The van der Waals surface area contributed by atoms with Crippen molar-refractivity contribution in [3.8, 4) is 11.3 Å². The third kappa shape index (κ3) is 4.89. The molecule has 0 saturated carbocycles. The normalized spacial score (nSPS) is 14.5. The summed E-state index contributed by atoms with van der Waals surface area (Å²) in [6.45, 7) is 7.09. The van der Waals surface area contributed by atoms with Gasteiger partial charge < -0.3 is 9.15 Å². The van der Waals surface area contributed by atoms with Crippen molar-refractivity contribution in [2.24, 2.45) is 5.10 Å². The number of anilines is 1. The molecule has 0 radical (unpaired) electrons. The molecule has 2 heterocycles. The van der Waals surface area contributed by atoms with Crippen LogP contribution in [0.3, 0.4) is 0 Å². The van der Waals surface area contributed by atoms with Gasteiger partial charge in [0.2, 0.25) is 0 Å². The summed E-state index contributed by atoms with van der Waals surface area (Å²) in [7, 11) is 0. The Kier molecular flexibility index (Phi) is 6.33. The third-order valence-electron chi connectivity index (χ3n) is 5.36. The molecular weight excluding hydrogens is 450 g/mol. The van der Waals surface area contributed by atoms with E-state index >= 15 is 0 Å². The summed E-state index contributed by atoms with van der Waals surface area (Å²) in [6, 6.07) is 14.4. The first-order valence-electron chi connectivity index (χ1n) is 10.9. The third-order valence-corrected chi connectivity index (χ3v) is 5.36. The molecule has 4 rings (SSSR count). The van der Waals surface area contributed by atoms with Gasteiger partial charge in [0.15, 0.2) is 0 Å². The second-order valence-electron chi connectivity index (χ2n) is 8.32. The first-order chi connectivity index (χ1) is 16.6. The van der Waals surface area contributed by atoms with Crippen molar-refractivity contribution in [2.45, 2.75) is 33.8 Å². The minimum atomic E-state index is -0.458. The predicted molar refractivity (Wildman–Crippen MR) is 131 cm³/mol. The van der Waals surface area contributed by atoms with Crippen LogP contribution in [-0.2, 0) is 9.53 Å². The largest absolute Gasteiger partial charge is 0.459 e. The van der Waals surface area contributed by atoms with E-state index in [0.29, 0.717) is 39.6 Å². The Morgan fingerprint density at radius 3 is 2.49 bits per heavy atom. The number of hydrogen-bond donors (Lipinski definition) is 0. The van der Waals surface area contributed by atoms with Crippen molar-refractivity contribution in [1.82, 2.24) is 0 Å². The number of hydrazone groups is 1. The fourth-order valence-corrected chi connectivity index (χ4v) is 3.59. The van der Waals surface area contributed by atoms with Crippen molar-refractivity contribution in [2.75, 3.05) is 5.01 Å². The van der Waals surface area contributed by atoms with Gasteiger partial charge in [-0.25, -0.2) is 4.79 Å². The number of aryl methyl sites for hydroxylation is 1. The van der Waals surface area contributed by atoms with E-state index in [9.17, 15) is 19.7 Å². The van der Waals surface area contributed by atoms with E-state index < -0.39 is 10.9 Å². The van der Waals surface area contributed by atoms with E-state index in [0.717, 1.165) is 5.56 Å². The van der Waals surface area contributed by atoms with Gasteiger partial charge in [-0.05, 0) is 75.7 Å². The highest BCUT2D eigenvalue weighted by Crippen LogP contribution is 2.31. The van der Waals surface area contributed by atoms with E-state index in [1.807, 2.05) is 6.92 Å². The van der Waals surface area contributed by atoms with Gasteiger partial charge in [0.25, 0.3) is 11.6 Å². The smallest absolute Gasteiger partial charge is 0.338 e. The lowest BCUT2D eigenvalue weighted by atomic mass is 10.1. The standard InChI is InChI=1S/C26H23N3O6/c1-15(2)34-26(31)18-6-9-19(10-7-18)28-25(30)23(17(4)27-28)14-21-11-12-24(35-21)22-13-20(29(32)33)8-5-16(22)3/h5-15H,1-4H3/b23-14-. The molecule has 1 aliphatic heterocycles. The molecule has 2 aromatic carbocycles. The van der Waals surface area contributed by atoms with Gasteiger partial charge in [-0.1, -0.05) is 6.07 Å². The Bertz CT molecular complexity index is 1380. The Hall–Kier alpha value is -4.53. The molecule has 0 N–H and O–H groups in total. The van der Waals surface area contributed by atoms with Crippen LogP contribution >= 0.6 is 0 Å². The Labute approximate surface area is 201 Å². The molecule has 0 saturated heterocycles. The highest BCUT2D eigenvalue weighted by Gasteiger charge is 2.29. The monoisotopic (exact) mass is 473 g/mol. The molecule has 35 heavy (non-hydrogen) atoms. The van der Waals surface area contributed by atoms with Crippen LogP contribution in [0, 0.1) is 17.0 Å². The van der Waals surface area contributed by atoms with Crippen LogP contribution in [0.15, 0.2) is 69.7 Å². The number of carbonyl (C=O) groups is 2. The van der Waals surface area contributed by atoms with Gasteiger partial charge in [-0.2, -0.15) is 10.1 Å². The van der Waals surface area contributed by atoms with Gasteiger partial charge in [0, 0.05) is 17.7 Å². The fraction of sp³-hybridized carbons (Fsp3) is 0.192. The van der Waals surface area contributed by atoms with Crippen LogP contribution in [-0.4, -0.2) is 28.6 Å². The Balaban J connectivity index is 1.56. The van der Waals surface area contributed by atoms with Gasteiger partial charge >= 0.3 is 5.97 Å². The number of nitro groups is 1. The van der Waals surface area contributed by atoms with Crippen molar-refractivity contribution < 1.29 is 23.7 Å². The lowest BCUT2D eigenvalue weighted by Gasteiger charge is -2.13. The maximum atomic E-state index is 13.1. The Morgan fingerprint density at radius 2 is 1.83 bits per heavy atom. The molecule has 0 unspecified atom stereocenters. The summed E-state index contributed by atoms with van der Waals surface area (Å²) in [5.74, 6) is 0.0907. The molecule has 9 heteroatoms. The number of benzene rings is 2. The fourth-order valence-electron chi connectivity index (χ4n) is 3.59. The van der Waals surface area contributed by atoms with Gasteiger partial charge in [-0.15, -0.1) is 0 Å². The molecule has 9 nitrogen and oxygen atoms in total. The summed E-state index contributed by atoms with van der Waals surface area (Å²) in [4.78, 5) is 35.8. The minimum absolute atomic E-state index is 0.0324. The van der Waals surface area contributed by atoms with Crippen LogP contribution in [0.25, 0.3) is 17.4 Å². The molecular formula is C26H23N3O6. The zero-order chi connectivity index (χ0) is 25.3. The second-order valence-corrected chi connectivity index (χ2v) is 8.32. The number of non-ortho nitro benzene ring substituents is 1. The number of amides is 1. The second kappa shape index (κ2) is 9.38. The van der Waals surface area contributed by atoms with Crippen molar-refractivity contribution in [3.63, 3.8) is 0 Å². The average molecular weight is 473 g/mol. The molecule has 1 aromatic heterocycles. The predicted octanol–water partition coefficient (Wildman–Crippen LogP) is 5.53. The maximum Gasteiger partial charge on any atom is 0.338 e. The number of esters is 1. The zero-order valence-electron chi connectivity index (χ0n) is 19.6. The first-order valence-corrected chi connectivity index (χ1v) is 10.9. The molecule has 3 aromatic rings. The number of hydrogen-bond acceptors (Lipinski definition) is 7. The van der Waals surface area contributed by atoms with Crippen LogP contribution in [0.4, 0.5) is 11.4 Å². The highest BCUT2D eigenvalue weighted by molar-refractivity contribution is 6.32. The Morgan fingerprint density at radius 1 is 1.11 bits per heavy atom. The molecule has 1 aliphatic rings. The van der Waals surface area contributed by atoms with Crippen LogP contribution in [0.1, 0.15) is 42.5 Å². The summed E-state index contributed by atoms with van der Waals surface area (Å²) in [6.07, 6.45) is 1.36. The summed E-state index contributed by atoms with van der Waals surface area (Å²) >= 11 is 0. The summed E-state index contributed by atoms with van der Waals surface area (Å²) in [5, 5.41) is 16.7. The van der Waals surface area contributed by atoms with Crippen LogP contribution in [0.5, 0.6) is 0 Å². The van der Waals surface area contributed by atoms with E-state index in [1.165, 1.54) is 17.1 Å². The number of carbonyl (C=O) groups excluding carboxylic acids is 2. The van der Waals surface area contributed by atoms with Crippen LogP contribution in [0.2, 0.25) is 0 Å². The number of nitro benzene ring substituents is 1. The van der Waals surface area contributed by atoms with Crippen LogP contribution < -0.4 is 5.01 Å². The van der Waals surface area contributed by atoms with E-state index in [4.69, 9.17) is 9.15 Å². The lowest BCUT2D eigenvalue weighted by Crippen LogP contribution is -2.21. The molecule has 0 spiro atoms.